The number of anilines is 2. The smallest absolute Gasteiger partial charge is 0.274 e. The Morgan fingerprint density at radius 3 is 2.70 bits per heavy atom. The van der Waals surface area contributed by atoms with Crippen LogP contribution >= 0.6 is 23.5 Å². The van der Waals surface area contributed by atoms with E-state index in [0.29, 0.717) is 63.0 Å². The minimum absolute atomic E-state index is 0.00930. The largest absolute Gasteiger partial charge is 0.455 e. The molecular formula is C31H30ClFN6O3S. The Kier molecular flexibility index (Phi) is 7.70. The lowest BCUT2D eigenvalue weighted by Gasteiger charge is -2.34. The van der Waals surface area contributed by atoms with E-state index in [9.17, 15) is 14.0 Å². The van der Waals surface area contributed by atoms with Crippen LogP contribution in [0.5, 0.6) is 0 Å². The fourth-order valence-electron chi connectivity index (χ4n) is 5.77. The summed E-state index contributed by atoms with van der Waals surface area (Å²) in [6, 6.07) is 11.4. The van der Waals surface area contributed by atoms with Crippen LogP contribution in [0, 0.1) is 5.82 Å². The summed E-state index contributed by atoms with van der Waals surface area (Å²) in [5.74, 6) is -0.500. The molecule has 1 aliphatic heterocycles. The van der Waals surface area contributed by atoms with Gasteiger partial charge in [-0.05, 0) is 54.8 Å². The maximum absolute atomic E-state index is 13.7. The van der Waals surface area contributed by atoms with Gasteiger partial charge in [0.2, 0.25) is 0 Å². The van der Waals surface area contributed by atoms with E-state index in [1.807, 2.05) is 34.6 Å². The first kappa shape index (κ1) is 28.9. The molecule has 43 heavy (non-hydrogen) atoms. The number of amides is 2. The summed E-state index contributed by atoms with van der Waals surface area (Å²) in [4.78, 5) is 33.2. The Morgan fingerprint density at radius 2 is 1.98 bits per heavy atom. The number of nitrogens with two attached hydrogens (primary N) is 1. The molecule has 1 saturated heterocycles. The molecule has 1 unspecified atom stereocenters. The molecule has 1 atom stereocenters. The highest BCUT2D eigenvalue weighted by Gasteiger charge is 2.31. The van der Waals surface area contributed by atoms with Gasteiger partial charge in [0.05, 0.1) is 22.0 Å². The van der Waals surface area contributed by atoms with Crippen LogP contribution in [-0.4, -0.2) is 59.5 Å². The molecule has 3 N–H and O–H groups in total. The number of piperidine rings is 1. The molecule has 222 valence electrons. The number of imidazole rings is 1. The van der Waals surface area contributed by atoms with Gasteiger partial charge in [0.15, 0.2) is 5.65 Å². The topological polar surface area (TPSA) is 109 Å². The number of aromatic nitrogens is 2. The third-order valence-electron chi connectivity index (χ3n) is 7.92. The second kappa shape index (κ2) is 11.5. The van der Waals surface area contributed by atoms with E-state index >= 15 is 0 Å². The molecule has 0 aliphatic carbocycles. The van der Waals surface area contributed by atoms with Gasteiger partial charge in [0.1, 0.15) is 22.9 Å². The van der Waals surface area contributed by atoms with Crippen LogP contribution in [0.4, 0.5) is 15.8 Å². The molecule has 2 amide bonds. The average Bonchev–Trinajstić information content (AvgIpc) is 3.61. The van der Waals surface area contributed by atoms with Crippen LogP contribution in [-0.2, 0) is 0 Å². The monoisotopic (exact) mass is 620 g/mol. The quantitative estimate of drug-likeness (QED) is 0.217. The van der Waals surface area contributed by atoms with Crippen molar-refractivity contribution in [2.75, 3.05) is 43.5 Å². The zero-order valence-corrected chi connectivity index (χ0v) is 25.4. The average molecular weight is 621 g/mol. The van der Waals surface area contributed by atoms with Crippen molar-refractivity contribution in [1.82, 2.24) is 19.6 Å². The molecule has 3 aromatic heterocycles. The standard InChI is InChI=1S/C31H30ClFN6O3S/c1-35-30(40)27-22-12-21(25(37(2)43-3)13-26(22)42-28(27)17-6-8-20(33)9-7-17)18-5-4-10-38(14-18)31(41)24-16-39-15-19(32)11-23(34)29(39)36-24/h6-9,11-13,15-16,18H,4-5,10,14,34H2,1-3H3,(H,35,40). The van der Waals surface area contributed by atoms with Crippen LogP contribution in [0.25, 0.3) is 27.9 Å². The van der Waals surface area contributed by atoms with Crippen LogP contribution in [0.2, 0.25) is 5.02 Å². The minimum atomic E-state index is -0.375. The van der Waals surface area contributed by atoms with Gasteiger partial charge >= 0.3 is 0 Å². The number of hydrogen-bond acceptors (Lipinski definition) is 7. The highest BCUT2D eigenvalue weighted by molar-refractivity contribution is 7.99. The Morgan fingerprint density at radius 1 is 1.21 bits per heavy atom. The third-order valence-corrected chi connectivity index (χ3v) is 8.88. The molecule has 4 heterocycles. The number of furan rings is 1. The number of likely N-dealkylation sites (tertiary alicyclic amines) is 1. The Hall–Kier alpha value is -4.22. The first-order valence-electron chi connectivity index (χ1n) is 13.8. The number of hydrogen-bond donors (Lipinski definition) is 2. The number of carbonyl (C=O) groups excluding carboxylic acids is 2. The predicted molar refractivity (Wildman–Crippen MR) is 169 cm³/mol. The van der Waals surface area contributed by atoms with E-state index in [4.69, 9.17) is 21.8 Å². The van der Waals surface area contributed by atoms with Crippen molar-refractivity contribution in [1.29, 1.82) is 0 Å². The summed E-state index contributed by atoms with van der Waals surface area (Å²) in [5, 5.41) is 3.83. The normalized spacial score (nSPS) is 15.3. The van der Waals surface area contributed by atoms with E-state index in [1.54, 1.807) is 54.0 Å². The summed E-state index contributed by atoms with van der Waals surface area (Å²) in [7, 11) is 3.54. The van der Waals surface area contributed by atoms with Crippen molar-refractivity contribution in [2.45, 2.75) is 18.8 Å². The Labute approximate surface area is 256 Å². The lowest BCUT2D eigenvalue weighted by Crippen LogP contribution is -2.39. The minimum Gasteiger partial charge on any atom is -0.455 e. The van der Waals surface area contributed by atoms with Gasteiger partial charge in [-0.2, -0.15) is 0 Å². The molecule has 0 spiro atoms. The number of carbonyl (C=O) groups is 2. The van der Waals surface area contributed by atoms with E-state index in [0.717, 1.165) is 24.1 Å². The third kappa shape index (κ3) is 5.27. The zero-order valence-electron chi connectivity index (χ0n) is 23.9. The maximum atomic E-state index is 13.7. The van der Waals surface area contributed by atoms with Gasteiger partial charge in [-0.1, -0.05) is 23.5 Å². The van der Waals surface area contributed by atoms with Crippen LogP contribution in [0.3, 0.4) is 0 Å². The number of nitrogens with zero attached hydrogens (tertiary/aromatic N) is 4. The molecule has 5 aromatic rings. The first-order chi connectivity index (χ1) is 20.7. The highest BCUT2D eigenvalue weighted by Crippen LogP contribution is 2.42. The van der Waals surface area contributed by atoms with Gasteiger partial charge in [0.25, 0.3) is 11.8 Å². The summed E-state index contributed by atoms with van der Waals surface area (Å²) >= 11 is 7.70. The first-order valence-corrected chi connectivity index (χ1v) is 15.3. The second-order valence-corrected chi connectivity index (χ2v) is 11.9. The second-order valence-electron chi connectivity index (χ2n) is 10.5. The van der Waals surface area contributed by atoms with Crippen LogP contribution < -0.4 is 15.4 Å². The van der Waals surface area contributed by atoms with Crippen LogP contribution in [0.1, 0.15) is 45.2 Å². The number of rotatable bonds is 6. The van der Waals surface area contributed by atoms with Crippen molar-refractivity contribution < 1.29 is 18.4 Å². The van der Waals surface area contributed by atoms with Crippen molar-refractivity contribution in [2.24, 2.45) is 0 Å². The van der Waals surface area contributed by atoms with Crippen molar-refractivity contribution in [3.8, 4) is 11.3 Å². The Bertz CT molecular complexity index is 1870. The van der Waals surface area contributed by atoms with Gasteiger partial charge < -0.3 is 29.1 Å². The van der Waals surface area contributed by atoms with Gasteiger partial charge in [0, 0.05) is 68.8 Å². The molecule has 12 heteroatoms. The summed E-state index contributed by atoms with van der Waals surface area (Å²) in [6.07, 6.45) is 6.96. The lowest BCUT2D eigenvalue weighted by molar-refractivity contribution is 0.0702. The van der Waals surface area contributed by atoms with Crippen molar-refractivity contribution in [3.05, 3.63) is 82.5 Å². The molecule has 2 aromatic carbocycles. The van der Waals surface area contributed by atoms with Gasteiger partial charge in [-0.3, -0.25) is 9.59 Å². The fourth-order valence-corrected chi connectivity index (χ4v) is 6.35. The van der Waals surface area contributed by atoms with E-state index in [1.165, 1.54) is 12.1 Å². The molecule has 0 radical (unpaired) electrons. The fraction of sp³-hybridized carbons (Fsp3) is 0.258. The van der Waals surface area contributed by atoms with Crippen molar-refractivity contribution >= 4 is 63.4 Å². The predicted octanol–water partition coefficient (Wildman–Crippen LogP) is 6.22. The number of nitrogen functional groups attached to an aromatic ring is 1. The molecule has 9 nitrogen and oxygen atoms in total. The highest BCUT2D eigenvalue weighted by atomic mass is 35.5. The molecule has 0 bridgehead atoms. The number of fused-ring (bicyclic) bond motifs is 2. The van der Waals surface area contributed by atoms with Crippen LogP contribution in [0.15, 0.2) is 59.3 Å². The number of benzene rings is 2. The van der Waals surface area contributed by atoms with E-state index in [-0.39, 0.29) is 23.5 Å². The maximum Gasteiger partial charge on any atom is 0.274 e. The zero-order chi connectivity index (χ0) is 30.4. The summed E-state index contributed by atoms with van der Waals surface area (Å²) < 4.78 is 23.7. The molecule has 0 saturated carbocycles. The molecule has 1 fully saturated rings. The Balaban J connectivity index is 1.41. The number of pyridine rings is 1. The number of halogens is 2. The van der Waals surface area contributed by atoms with Gasteiger partial charge in [-0.25, -0.2) is 9.37 Å². The van der Waals surface area contributed by atoms with Gasteiger partial charge in [-0.15, -0.1) is 0 Å². The molecule has 1 aliphatic rings. The summed E-state index contributed by atoms with van der Waals surface area (Å²) in [5.41, 5.74) is 10.7. The SMILES string of the molecule is CNC(=O)c1c(-c2ccc(F)cc2)oc2cc(N(C)SC)c(C3CCCN(C(=O)c4cn5cc(Cl)cc(N)c5n4)C3)cc12. The van der Waals surface area contributed by atoms with E-state index in [2.05, 4.69) is 10.3 Å². The summed E-state index contributed by atoms with van der Waals surface area (Å²) in [6.45, 7) is 1.07. The number of nitrogens with one attached hydrogen (secondary N) is 1. The molecule has 6 rings (SSSR count). The van der Waals surface area contributed by atoms with Crippen molar-refractivity contribution in [3.63, 3.8) is 0 Å². The molecular weight excluding hydrogens is 591 g/mol. The van der Waals surface area contributed by atoms with E-state index < -0.39 is 0 Å². The lowest BCUT2D eigenvalue weighted by atomic mass is 9.88.